The molecule has 0 aliphatic heterocycles. The van der Waals surface area contributed by atoms with Gasteiger partial charge in [-0.25, -0.2) is 0 Å². The van der Waals surface area contributed by atoms with Crippen LogP contribution in [0.5, 0.6) is 0 Å². The normalized spacial score (nSPS) is 17.6. The van der Waals surface area contributed by atoms with E-state index in [1.807, 2.05) is 6.92 Å². The van der Waals surface area contributed by atoms with E-state index < -0.39 is 20.8 Å². The summed E-state index contributed by atoms with van der Waals surface area (Å²) in [6.07, 6.45) is 3.23. The Morgan fingerprint density at radius 2 is 1.14 bits per heavy atom. The average molecular weight is 236 g/mol. The van der Waals surface area contributed by atoms with Crippen molar-refractivity contribution < 1.29 is 20.5 Å². The second-order valence-corrected chi connectivity index (χ2v) is 7.17. The van der Waals surface area contributed by atoms with Gasteiger partial charge in [0.25, 0.3) is 0 Å². The van der Waals surface area contributed by atoms with Crippen LogP contribution in [0, 0.1) is 0 Å². The van der Waals surface area contributed by atoms with E-state index in [0.717, 1.165) is 19.3 Å². The van der Waals surface area contributed by atoms with Gasteiger partial charge in [-0.2, -0.15) is 0 Å². The summed E-state index contributed by atoms with van der Waals surface area (Å²) in [6.45, 7) is 1.98. The zero-order valence-electron chi connectivity index (χ0n) is 8.34. The van der Waals surface area contributed by atoms with Gasteiger partial charge >= 0.3 is 80.3 Å². The molecule has 0 amide bonds. The van der Waals surface area contributed by atoms with Gasteiger partial charge in [-0.3, -0.25) is 0 Å². The van der Waals surface area contributed by atoms with Gasteiger partial charge in [0.15, 0.2) is 0 Å². The molecule has 0 aromatic carbocycles. The van der Waals surface area contributed by atoms with Crippen LogP contribution in [0.25, 0.3) is 0 Å². The van der Waals surface area contributed by atoms with Crippen LogP contribution in [0.15, 0.2) is 0 Å². The van der Waals surface area contributed by atoms with Gasteiger partial charge in [0.2, 0.25) is 0 Å². The first-order chi connectivity index (χ1) is 6.04. The van der Waals surface area contributed by atoms with Crippen molar-refractivity contribution in [1.29, 1.82) is 0 Å². The summed E-state index contributed by atoms with van der Waals surface area (Å²) in [7, 11) is -9.52. The van der Waals surface area contributed by atoms with Gasteiger partial charge in [0, 0.05) is 0 Å². The molecule has 0 N–H and O–H groups in total. The molecular weight excluding hydrogens is 219 g/mol. The molecule has 0 saturated carbocycles. The molecule has 0 rings (SSSR count). The molecule has 0 aliphatic rings. The van der Waals surface area contributed by atoms with E-state index in [1.165, 1.54) is 0 Å². The molecule has 14 heavy (non-hydrogen) atoms. The van der Waals surface area contributed by atoms with Crippen LogP contribution in [0.4, 0.5) is 20.5 Å². The molecule has 0 saturated heterocycles. The number of hydrogen-bond donors (Lipinski definition) is 0. The fraction of sp³-hybridized carbons (Fsp3) is 1.00. The van der Waals surface area contributed by atoms with Crippen LogP contribution >= 0.6 is 0 Å². The summed E-state index contributed by atoms with van der Waals surface area (Å²) in [5.41, 5.74) is 0. The van der Waals surface area contributed by atoms with Crippen LogP contribution in [0.3, 0.4) is 0 Å². The molecular formula is C8H17F5Si-2. The topological polar surface area (TPSA) is 0 Å². The standard InChI is InChI=1S/C8H17F5Si/c1-2-3-4-5-6-7-8-14(9,10,11,12)13/h2-8H2,1H3/q-2. The van der Waals surface area contributed by atoms with Gasteiger partial charge in [0.1, 0.15) is 0 Å². The first-order valence-electron chi connectivity index (χ1n) is 5.01. The number of halogens is 5. The van der Waals surface area contributed by atoms with Crippen molar-refractivity contribution >= 4 is 8.30 Å². The van der Waals surface area contributed by atoms with Crippen LogP contribution < -0.4 is 0 Å². The summed E-state index contributed by atoms with van der Waals surface area (Å²) >= 11 is 0. The fourth-order valence-electron chi connectivity index (χ4n) is 1.24. The Morgan fingerprint density at radius 1 is 0.714 bits per heavy atom. The zero-order chi connectivity index (χ0) is 11.4. The van der Waals surface area contributed by atoms with E-state index in [-0.39, 0.29) is 6.42 Å². The Morgan fingerprint density at radius 3 is 1.57 bits per heavy atom. The van der Waals surface area contributed by atoms with Gasteiger partial charge in [-0.05, 0) is 0 Å². The van der Waals surface area contributed by atoms with E-state index >= 15 is 0 Å². The van der Waals surface area contributed by atoms with E-state index in [2.05, 4.69) is 0 Å². The first-order valence-corrected chi connectivity index (χ1v) is 7.60. The van der Waals surface area contributed by atoms with E-state index in [9.17, 15) is 20.5 Å². The van der Waals surface area contributed by atoms with Gasteiger partial charge in [-0.1, -0.05) is 0 Å². The van der Waals surface area contributed by atoms with Crippen LogP contribution in [0.2, 0.25) is 6.04 Å². The molecule has 0 unspecified atom stereocenters. The third-order valence-electron chi connectivity index (χ3n) is 2.00. The maximum absolute atomic E-state index is 11.8. The predicted octanol–water partition coefficient (Wildman–Crippen LogP) is 5.03. The van der Waals surface area contributed by atoms with Crippen molar-refractivity contribution in [3.8, 4) is 0 Å². The minimum absolute atomic E-state index is 0.251. The predicted molar refractivity (Wildman–Crippen MR) is 49.5 cm³/mol. The second-order valence-electron chi connectivity index (χ2n) is 3.90. The summed E-state index contributed by atoms with van der Waals surface area (Å²) in [5.74, 6) is 0. The zero-order valence-corrected chi connectivity index (χ0v) is 9.34. The molecule has 0 nitrogen and oxygen atoms in total. The molecule has 0 atom stereocenters. The van der Waals surface area contributed by atoms with Crippen LogP contribution in [-0.4, -0.2) is 8.30 Å². The van der Waals surface area contributed by atoms with E-state index in [0.29, 0.717) is 6.42 Å². The Labute approximate surface area is 81.2 Å². The molecule has 0 spiro atoms. The number of rotatable bonds is 7. The number of unbranched alkanes of at least 4 members (excludes halogenated alkanes) is 5. The van der Waals surface area contributed by atoms with Crippen molar-refractivity contribution in [3.63, 3.8) is 0 Å². The summed E-state index contributed by atoms with van der Waals surface area (Å²) in [5, 5.41) is 0. The summed E-state index contributed by atoms with van der Waals surface area (Å²) in [4.78, 5) is 0. The molecule has 0 aromatic heterocycles. The van der Waals surface area contributed by atoms with Crippen LogP contribution in [0.1, 0.15) is 45.4 Å². The molecule has 6 heteroatoms. The quantitative estimate of drug-likeness (QED) is 0.251. The van der Waals surface area contributed by atoms with Crippen molar-refractivity contribution in [1.82, 2.24) is 0 Å². The fourth-order valence-corrected chi connectivity index (χ4v) is 2.16. The van der Waals surface area contributed by atoms with E-state index in [4.69, 9.17) is 0 Å². The third kappa shape index (κ3) is 11.9. The SMILES string of the molecule is CCCCCCCC[Si-2](F)(F)(F)(F)F. The first kappa shape index (κ1) is 13.9. The van der Waals surface area contributed by atoms with Crippen molar-refractivity contribution in [2.75, 3.05) is 0 Å². The molecule has 0 aromatic rings. The van der Waals surface area contributed by atoms with Crippen LogP contribution in [-0.2, 0) is 0 Å². The summed E-state index contributed by atoms with van der Waals surface area (Å²) < 4.78 is 59.1. The van der Waals surface area contributed by atoms with Crippen molar-refractivity contribution in [2.24, 2.45) is 0 Å². The third-order valence-corrected chi connectivity index (χ3v) is 3.30. The molecule has 0 bridgehead atoms. The molecule has 0 fully saturated rings. The molecule has 0 aliphatic carbocycles. The Kier molecular flexibility index (Phi) is 3.75. The van der Waals surface area contributed by atoms with Gasteiger partial charge < -0.3 is 0 Å². The Hall–Kier alpha value is -0.133. The maximum atomic E-state index is 11.8. The monoisotopic (exact) mass is 236 g/mol. The van der Waals surface area contributed by atoms with E-state index in [1.54, 1.807) is 0 Å². The number of hydrogen-bond acceptors (Lipinski definition) is 0. The van der Waals surface area contributed by atoms with Crippen molar-refractivity contribution in [3.05, 3.63) is 0 Å². The molecule has 0 heterocycles. The van der Waals surface area contributed by atoms with Gasteiger partial charge in [-0.15, -0.1) is 0 Å². The van der Waals surface area contributed by atoms with Crippen molar-refractivity contribution in [2.45, 2.75) is 51.5 Å². The molecule has 0 radical (unpaired) electrons. The average Bonchev–Trinajstić information content (AvgIpc) is 1.92. The van der Waals surface area contributed by atoms with Gasteiger partial charge in [0.05, 0.1) is 0 Å². The summed E-state index contributed by atoms with van der Waals surface area (Å²) in [6, 6.07) is -1.86. The second kappa shape index (κ2) is 3.79. The Bertz CT molecular complexity index is 169. The Balaban J connectivity index is 3.57. The molecule has 90 valence electrons. The minimum atomic E-state index is -9.52.